The van der Waals surface area contributed by atoms with Crippen molar-refractivity contribution in [1.82, 2.24) is 9.88 Å². The van der Waals surface area contributed by atoms with E-state index in [1.165, 1.54) is 4.57 Å². The van der Waals surface area contributed by atoms with Gasteiger partial charge in [0.1, 0.15) is 6.54 Å². The minimum Gasteiger partial charge on any atom is -0.408 e. The van der Waals surface area contributed by atoms with Crippen molar-refractivity contribution in [2.75, 3.05) is 5.32 Å². The Hall–Kier alpha value is -3.35. The van der Waals surface area contributed by atoms with Crippen molar-refractivity contribution in [3.8, 4) is 0 Å². The Bertz CT molecular complexity index is 912. The zero-order valence-electron chi connectivity index (χ0n) is 12.0. The first kappa shape index (κ1) is 14.6. The number of nitrogens with zero attached hydrogens (tertiary/aromatic N) is 1. The summed E-state index contributed by atoms with van der Waals surface area (Å²) in [4.78, 5) is 35.4. The zero-order chi connectivity index (χ0) is 16.2. The molecule has 23 heavy (non-hydrogen) atoms. The number of urea groups is 1. The van der Waals surface area contributed by atoms with E-state index in [2.05, 4.69) is 10.6 Å². The summed E-state index contributed by atoms with van der Waals surface area (Å²) in [5, 5.41) is 4.69. The number of rotatable bonds is 3. The molecule has 0 unspecified atom stereocenters. The van der Waals surface area contributed by atoms with Crippen LogP contribution in [0, 0.1) is 0 Å². The monoisotopic (exact) mass is 311 g/mol. The van der Waals surface area contributed by atoms with Crippen molar-refractivity contribution >= 4 is 28.7 Å². The van der Waals surface area contributed by atoms with Crippen LogP contribution in [0.25, 0.3) is 11.1 Å². The van der Waals surface area contributed by atoms with Gasteiger partial charge in [-0.05, 0) is 24.3 Å². The first-order valence-electron chi connectivity index (χ1n) is 6.88. The van der Waals surface area contributed by atoms with E-state index < -0.39 is 17.7 Å². The number of anilines is 1. The Balaban J connectivity index is 1.68. The summed E-state index contributed by atoms with van der Waals surface area (Å²) in [5.41, 5.74) is 1.44. The van der Waals surface area contributed by atoms with Crippen molar-refractivity contribution in [3.05, 3.63) is 65.1 Å². The summed E-state index contributed by atoms with van der Waals surface area (Å²) in [6.07, 6.45) is 0. The molecule has 3 rings (SSSR count). The summed E-state index contributed by atoms with van der Waals surface area (Å²) in [6.45, 7) is -0.307. The molecule has 0 aliphatic heterocycles. The number of hydrogen-bond donors (Lipinski definition) is 2. The molecule has 0 fully saturated rings. The standard InChI is InChI=1S/C16H13N3O4/c20-14(18-15(21)17-11-6-2-1-3-7-11)10-19-12-8-4-5-9-13(12)23-16(19)22/h1-9H,10H2,(H2,17,18,20,21). The minimum atomic E-state index is -0.665. The smallest absolute Gasteiger partial charge is 0.408 e. The summed E-state index contributed by atoms with van der Waals surface area (Å²) in [6, 6.07) is 14.8. The predicted octanol–water partition coefficient (Wildman–Crippen LogP) is 1.94. The SMILES string of the molecule is O=C(Cn1c(=O)oc2ccccc21)NC(=O)Nc1ccccc1. The largest absolute Gasteiger partial charge is 0.420 e. The Labute approximate surface area is 130 Å². The molecular weight excluding hydrogens is 298 g/mol. The highest BCUT2D eigenvalue weighted by molar-refractivity contribution is 6.01. The molecule has 7 nitrogen and oxygen atoms in total. The topological polar surface area (TPSA) is 93.3 Å². The zero-order valence-corrected chi connectivity index (χ0v) is 12.0. The quantitative estimate of drug-likeness (QED) is 0.773. The van der Waals surface area contributed by atoms with Crippen molar-refractivity contribution in [1.29, 1.82) is 0 Å². The lowest BCUT2D eigenvalue weighted by Gasteiger charge is -2.06. The van der Waals surface area contributed by atoms with E-state index in [9.17, 15) is 14.4 Å². The van der Waals surface area contributed by atoms with Gasteiger partial charge in [-0.3, -0.25) is 14.7 Å². The van der Waals surface area contributed by atoms with Gasteiger partial charge in [0.25, 0.3) is 0 Å². The van der Waals surface area contributed by atoms with E-state index in [1.54, 1.807) is 48.5 Å². The maximum atomic E-state index is 11.9. The number of hydrogen-bond acceptors (Lipinski definition) is 4. The van der Waals surface area contributed by atoms with Crippen LogP contribution >= 0.6 is 0 Å². The van der Waals surface area contributed by atoms with E-state index in [-0.39, 0.29) is 6.54 Å². The molecule has 0 saturated heterocycles. The first-order valence-corrected chi connectivity index (χ1v) is 6.88. The Kier molecular flexibility index (Phi) is 3.92. The number of aromatic nitrogens is 1. The Morgan fingerprint density at radius 1 is 1.00 bits per heavy atom. The molecule has 0 saturated carbocycles. The van der Waals surface area contributed by atoms with Crippen LogP contribution in [0.2, 0.25) is 0 Å². The maximum Gasteiger partial charge on any atom is 0.420 e. The fraction of sp³-hybridized carbons (Fsp3) is 0.0625. The van der Waals surface area contributed by atoms with Crippen molar-refractivity contribution in [2.24, 2.45) is 0 Å². The first-order chi connectivity index (χ1) is 11.1. The van der Waals surface area contributed by atoms with Gasteiger partial charge in [0.2, 0.25) is 5.91 Å². The van der Waals surface area contributed by atoms with Crippen molar-refractivity contribution < 1.29 is 14.0 Å². The number of para-hydroxylation sites is 3. The highest BCUT2D eigenvalue weighted by Crippen LogP contribution is 2.11. The van der Waals surface area contributed by atoms with E-state index in [0.29, 0.717) is 16.8 Å². The van der Waals surface area contributed by atoms with Gasteiger partial charge in [-0.25, -0.2) is 9.59 Å². The molecule has 0 atom stereocenters. The third kappa shape index (κ3) is 3.29. The fourth-order valence-electron chi connectivity index (χ4n) is 2.16. The second-order valence-electron chi connectivity index (χ2n) is 4.79. The summed E-state index contributed by atoms with van der Waals surface area (Å²) < 4.78 is 6.19. The van der Waals surface area contributed by atoms with Gasteiger partial charge in [-0.1, -0.05) is 30.3 Å². The van der Waals surface area contributed by atoms with Gasteiger partial charge in [0.05, 0.1) is 5.52 Å². The molecule has 2 N–H and O–H groups in total. The summed E-state index contributed by atoms with van der Waals surface area (Å²) >= 11 is 0. The number of fused-ring (bicyclic) bond motifs is 1. The number of carbonyl (C=O) groups excluding carboxylic acids is 2. The lowest BCUT2D eigenvalue weighted by Crippen LogP contribution is -2.37. The van der Waals surface area contributed by atoms with Gasteiger partial charge in [-0.15, -0.1) is 0 Å². The van der Waals surface area contributed by atoms with Crippen molar-refractivity contribution in [2.45, 2.75) is 6.54 Å². The third-order valence-electron chi connectivity index (χ3n) is 3.16. The number of oxazole rings is 1. The fourth-order valence-corrected chi connectivity index (χ4v) is 2.16. The average Bonchev–Trinajstić information content (AvgIpc) is 2.84. The van der Waals surface area contributed by atoms with Crippen LogP contribution in [0.1, 0.15) is 0 Å². The molecule has 1 heterocycles. The highest BCUT2D eigenvalue weighted by Gasteiger charge is 2.14. The maximum absolute atomic E-state index is 11.9. The van der Waals surface area contributed by atoms with E-state index in [1.807, 2.05) is 6.07 Å². The van der Waals surface area contributed by atoms with Gasteiger partial charge in [0.15, 0.2) is 5.58 Å². The van der Waals surface area contributed by atoms with Gasteiger partial charge in [-0.2, -0.15) is 0 Å². The molecule has 0 aliphatic carbocycles. The molecule has 3 aromatic rings. The second-order valence-corrected chi connectivity index (χ2v) is 4.79. The number of carbonyl (C=O) groups is 2. The lowest BCUT2D eigenvalue weighted by molar-refractivity contribution is -0.120. The number of imide groups is 1. The number of benzene rings is 2. The van der Waals surface area contributed by atoms with Gasteiger partial charge < -0.3 is 9.73 Å². The third-order valence-corrected chi connectivity index (χ3v) is 3.16. The van der Waals surface area contributed by atoms with Gasteiger partial charge >= 0.3 is 11.8 Å². The normalized spacial score (nSPS) is 10.4. The van der Waals surface area contributed by atoms with Crippen LogP contribution < -0.4 is 16.4 Å². The van der Waals surface area contributed by atoms with Crippen LogP contribution in [0.15, 0.2) is 63.8 Å². The Morgan fingerprint density at radius 3 is 2.48 bits per heavy atom. The molecule has 7 heteroatoms. The molecule has 2 aromatic carbocycles. The molecule has 0 aliphatic rings. The number of nitrogens with one attached hydrogen (secondary N) is 2. The lowest BCUT2D eigenvalue weighted by atomic mass is 10.3. The van der Waals surface area contributed by atoms with Gasteiger partial charge in [0, 0.05) is 5.69 Å². The molecule has 0 bridgehead atoms. The minimum absolute atomic E-state index is 0.307. The highest BCUT2D eigenvalue weighted by atomic mass is 16.4. The molecule has 116 valence electrons. The van der Waals surface area contributed by atoms with Crippen LogP contribution in [-0.4, -0.2) is 16.5 Å². The van der Waals surface area contributed by atoms with E-state index in [4.69, 9.17) is 4.42 Å². The van der Waals surface area contributed by atoms with Crippen LogP contribution in [0.4, 0.5) is 10.5 Å². The van der Waals surface area contributed by atoms with Crippen LogP contribution in [0.5, 0.6) is 0 Å². The van der Waals surface area contributed by atoms with E-state index >= 15 is 0 Å². The molecule has 0 radical (unpaired) electrons. The predicted molar refractivity (Wildman–Crippen MR) is 84.1 cm³/mol. The summed E-state index contributed by atoms with van der Waals surface area (Å²) in [7, 11) is 0. The summed E-state index contributed by atoms with van der Waals surface area (Å²) in [5.74, 6) is -1.27. The Morgan fingerprint density at radius 2 is 1.70 bits per heavy atom. The van der Waals surface area contributed by atoms with Crippen molar-refractivity contribution in [3.63, 3.8) is 0 Å². The molecule has 0 spiro atoms. The number of amides is 3. The van der Waals surface area contributed by atoms with Crippen LogP contribution in [0.3, 0.4) is 0 Å². The van der Waals surface area contributed by atoms with E-state index in [0.717, 1.165) is 0 Å². The van der Waals surface area contributed by atoms with Crippen LogP contribution in [-0.2, 0) is 11.3 Å². The molecule has 1 aromatic heterocycles. The molecule has 3 amide bonds. The average molecular weight is 311 g/mol. The second kappa shape index (κ2) is 6.18. The molecular formula is C16H13N3O4.